The minimum atomic E-state index is 0.758. The highest BCUT2D eigenvalue weighted by Gasteiger charge is 2.11. The van der Waals surface area contributed by atoms with E-state index < -0.39 is 0 Å². The summed E-state index contributed by atoms with van der Waals surface area (Å²) in [7, 11) is 0. The Morgan fingerprint density at radius 1 is 1.24 bits per heavy atom. The topological polar surface area (TPSA) is 41.1 Å². The van der Waals surface area contributed by atoms with Crippen LogP contribution in [0.5, 0.6) is 0 Å². The van der Waals surface area contributed by atoms with Gasteiger partial charge in [-0.3, -0.25) is 0 Å². The van der Waals surface area contributed by atoms with Gasteiger partial charge in [0, 0.05) is 25.8 Å². The standard InChI is InChI=1S/C13H22N4/c1-2-8-14-13-15-9-7-12(16-13)17-10-5-3-4-6-11-17/h7,9H,2-6,8,10-11H2,1H3,(H,14,15,16). The molecule has 94 valence electrons. The normalized spacial score (nSPS) is 16.6. The molecule has 1 fully saturated rings. The maximum atomic E-state index is 4.58. The molecule has 0 aromatic carbocycles. The minimum absolute atomic E-state index is 0.758. The average molecular weight is 234 g/mol. The summed E-state index contributed by atoms with van der Waals surface area (Å²) in [4.78, 5) is 11.2. The molecule has 17 heavy (non-hydrogen) atoms. The van der Waals surface area contributed by atoms with Gasteiger partial charge in [-0.1, -0.05) is 19.8 Å². The number of nitrogens with one attached hydrogen (secondary N) is 1. The van der Waals surface area contributed by atoms with Crippen LogP contribution in [0.2, 0.25) is 0 Å². The maximum absolute atomic E-state index is 4.58. The van der Waals surface area contributed by atoms with E-state index in [1.807, 2.05) is 12.3 Å². The fourth-order valence-corrected chi connectivity index (χ4v) is 2.15. The van der Waals surface area contributed by atoms with Gasteiger partial charge in [0.2, 0.25) is 5.95 Å². The van der Waals surface area contributed by atoms with E-state index in [1.165, 1.54) is 25.7 Å². The molecule has 1 aliphatic heterocycles. The van der Waals surface area contributed by atoms with Crippen molar-refractivity contribution in [2.24, 2.45) is 0 Å². The van der Waals surface area contributed by atoms with Gasteiger partial charge in [0.15, 0.2) is 0 Å². The van der Waals surface area contributed by atoms with E-state index in [-0.39, 0.29) is 0 Å². The molecule has 0 saturated carbocycles. The number of aromatic nitrogens is 2. The number of hydrogen-bond acceptors (Lipinski definition) is 4. The molecule has 0 radical (unpaired) electrons. The monoisotopic (exact) mass is 234 g/mol. The first-order valence-corrected chi connectivity index (χ1v) is 6.72. The van der Waals surface area contributed by atoms with Crippen LogP contribution in [-0.4, -0.2) is 29.6 Å². The Bertz CT molecular complexity index is 332. The van der Waals surface area contributed by atoms with Crippen molar-refractivity contribution in [2.45, 2.75) is 39.0 Å². The lowest BCUT2D eigenvalue weighted by Gasteiger charge is -2.21. The summed E-state index contributed by atoms with van der Waals surface area (Å²) < 4.78 is 0. The molecule has 0 aliphatic carbocycles. The van der Waals surface area contributed by atoms with E-state index in [9.17, 15) is 0 Å². The van der Waals surface area contributed by atoms with Gasteiger partial charge in [0.05, 0.1) is 0 Å². The van der Waals surface area contributed by atoms with E-state index in [2.05, 4.69) is 27.1 Å². The van der Waals surface area contributed by atoms with Crippen LogP contribution in [0.15, 0.2) is 12.3 Å². The molecule has 2 rings (SSSR count). The van der Waals surface area contributed by atoms with Crippen molar-refractivity contribution in [1.82, 2.24) is 9.97 Å². The number of hydrogen-bond donors (Lipinski definition) is 1. The van der Waals surface area contributed by atoms with Crippen LogP contribution in [0, 0.1) is 0 Å². The number of rotatable bonds is 4. The van der Waals surface area contributed by atoms with Crippen molar-refractivity contribution < 1.29 is 0 Å². The number of anilines is 2. The molecular weight excluding hydrogens is 212 g/mol. The molecule has 4 nitrogen and oxygen atoms in total. The molecule has 0 atom stereocenters. The summed E-state index contributed by atoms with van der Waals surface area (Å²) in [5.41, 5.74) is 0. The lowest BCUT2D eigenvalue weighted by molar-refractivity contribution is 0.726. The van der Waals surface area contributed by atoms with Crippen molar-refractivity contribution in [1.29, 1.82) is 0 Å². The van der Waals surface area contributed by atoms with Crippen LogP contribution in [0.4, 0.5) is 11.8 Å². The molecule has 1 aromatic rings. The predicted octanol–water partition coefficient (Wildman–Crippen LogP) is 2.68. The second kappa shape index (κ2) is 6.42. The molecule has 0 spiro atoms. The fraction of sp³-hybridized carbons (Fsp3) is 0.692. The van der Waals surface area contributed by atoms with Gasteiger partial charge in [0.25, 0.3) is 0 Å². The zero-order valence-corrected chi connectivity index (χ0v) is 10.7. The maximum Gasteiger partial charge on any atom is 0.224 e. The van der Waals surface area contributed by atoms with E-state index in [0.29, 0.717) is 0 Å². The molecule has 0 amide bonds. The SMILES string of the molecule is CCCNc1nccc(N2CCCCCC2)n1. The van der Waals surface area contributed by atoms with Crippen LogP contribution < -0.4 is 10.2 Å². The van der Waals surface area contributed by atoms with E-state index in [0.717, 1.165) is 37.8 Å². The zero-order valence-electron chi connectivity index (χ0n) is 10.7. The minimum Gasteiger partial charge on any atom is -0.356 e. The predicted molar refractivity (Wildman–Crippen MR) is 71.5 cm³/mol. The Morgan fingerprint density at radius 2 is 2.00 bits per heavy atom. The summed E-state index contributed by atoms with van der Waals surface area (Å²) >= 11 is 0. The van der Waals surface area contributed by atoms with Gasteiger partial charge in [0.1, 0.15) is 5.82 Å². The third-order valence-corrected chi connectivity index (χ3v) is 3.10. The van der Waals surface area contributed by atoms with Gasteiger partial charge in [-0.05, 0) is 25.3 Å². The highest BCUT2D eigenvalue weighted by atomic mass is 15.2. The third-order valence-electron chi connectivity index (χ3n) is 3.10. The summed E-state index contributed by atoms with van der Waals surface area (Å²) in [6.07, 6.45) is 8.21. The van der Waals surface area contributed by atoms with Crippen molar-refractivity contribution in [3.63, 3.8) is 0 Å². The Kier molecular flexibility index (Phi) is 4.59. The van der Waals surface area contributed by atoms with Gasteiger partial charge in [-0.25, -0.2) is 4.98 Å². The molecule has 1 aromatic heterocycles. The van der Waals surface area contributed by atoms with Gasteiger partial charge < -0.3 is 10.2 Å². The second-order valence-electron chi connectivity index (χ2n) is 4.57. The first kappa shape index (κ1) is 12.1. The van der Waals surface area contributed by atoms with Crippen LogP contribution in [0.25, 0.3) is 0 Å². The first-order valence-electron chi connectivity index (χ1n) is 6.72. The van der Waals surface area contributed by atoms with Crippen molar-refractivity contribution >= 4 is 11.8 Å². The first-order chi connectivity index (χ1) is 8.40. The quantitative estimate of drug-likeness (QED) is 0.869. The molecule has 0 unspecified atom stereocenters. The summed E-state index contributed by atoms with van der Waals surface area (Å²) in [6, 6.07) is 2.02. The van der Waals surface area contributed by atoms with Gasteiger partial charge >= 0.3 is 0 Å². The summed E-state index contributed by atoms with van der Waals surface area (Å²) in [5.74, 6) is 1.83. The molecule has 1 N–H and O–H groups in total. The largest absolute Gasteiger partial charge is 0.356 e. The Morgan fingerprint density at radius 3 is 2.71 bits per heavy atom. The Hall–Kier alpha value is -1.32. The highest BCUT2D eigenvalue weighted by Crippen LogP contribution is 2.17. The molecule has 2 heterocycles. The van der Waals surface area contributed by atoms with Crippen molar-refractivity contribution in [3.8, 4) is 0 Å². The second-order valence-corrected chi connectivity index (χ2v) is 4.57. The van der Waals surface area contributed by atoms with E-state index in [1.54, 1.807) is 0 Å². The highest BCUT2D eigenvalue weighted by molar-refractivity contribution is 5.42. The van der Waals surface area contributed by atoms with Crippen LogP contribution in [0.3, 0.4) is 0 Å². The van der Waals surface area contributed by atoms with E-state index >= 15 is 0 Å². The third kappa shape index (κ3) is 3.58. The molecule has 1 saturated heterocycles. The fourth-order valence-electron chi connectivity index (χ4n) is 2.15. The van der Waals surface area contributed by atoms with Crippen molar-refractivity contribution in [2.75, 3.05) is 29.9 Å². The van der Waals surface area contributed by atoms with Crippen LogP contribution in [-0.2, 0) is 0 Å². The number of nitrogens with zero attached hydrogens (tertiary/aromatic N) is 3. The Balaban J connectivity index is 2.03. The molecule has 0 bridgehead atoms. The van der Waals surface area contributed by atoms with Gasteiger partial charge in [-0.15, -0.1) is 0 Å². The molecule has 4 heteroatoms. The Labute approximate surface area is 103 Å². The van der Waals surface area contributed by atoms with Crippen LogP contribution in [0.1, 0.15) is 39.0 Å². The smallest absolute Gasteiger partial charge is 0.224 e. The van der Waals surface area contributed by atoms with Gasteiger partial charge in [-0.2, -0.15) is 4.98 Å². The van der Waals surface area contributed by atoms with E-state index in [4.69, 9.17) is 0 Å². The summed E-state index contributed by atoms with van der Waals surface area (Å²) in [5, 5.41) is 3.24. The summed E-state index contributed by atoms with van der Waals surface area (Å²) in [6.45, 7) is 5.34. The lowest BCUT2D eigenvalue weighted by atomic mass is 10.2. The zero-order chi connectivity index (χ0) is 11.9. The van der Waals surface area contributed by atoms with Crippen molar-refractivity contribution in [3.05, 3.63) is 12.3 Å². The molecular formula is C13H22N4. The van der Waals surface area contributed by atoms with Crippen LogP contribution >= 0.6 is 0 Å². The molecule has 1 aliphatic rings. The average Bonchev–Trinajstić information content (AvgIpc) is 2.65. The lowest BCUT2D eigenvalue weighted by Crippen LogP contribution is -2.25.